The summed E-state index contributed by atoms with van der Waals surface area (Å²) in [6.45, 7) is 2.75. The average Bonchev–Trinajstić information content (AvgIpc) is 2.89. The van der Waals surface area contributed by atoms with Crippen molar-refractivity contribution in [3.63, 3.8) is 0 Å². The third-order valence-corrected chi connectivity index (χ3v) is 5.23. The highest BCUT2D eigenvalue weighted by Gasteiger charge is 2.35. The van der Waals surface area contributed by atoms with Gasteiger partial charge in [-0.1, -0.05) is 40.5 Å². The predicted octanol–water partition coefficient (Wildman–Crippen LogP) is 4.36. The van der Waals surface area contributed by atoms with Crippen LogP contribution in [0.3, 0.4) is 0 Å². The largest absolute Gasteiger partial charge is 0.293 e. The van der Waals surface area contributed by atoms with Crippen molar-refractivity contribution in [1.82, 2.24) is 4.90 Å². The Balaban J connectivity index is 1.71. The van der Waals surface area contributed by atoms with Crippen molar-refractivity contribution in [1.29, 1.82) is 0 Å². The van der Waals surface area contributed by atoms with Crippen LogP contribution in [0.2, 0.25) is 0 Å². The number of aliphatic imine (C=N–C) groups is 1. The number of likely N-dealkylation sites (tertiary alicyclic amines) is 1. The first-order valence-electron chi connectivity index (χ1n) is 8.70. The Kier molecular flexibility index (Phi) is 4.68. The van der Waals surface area contributed by atoms with Crippen LogP contribution in [0.15, 0.2) is 58.0 Å². The molecule has 0 unspecified atom stereocenters. The molecule has 5 heteroatoms. The van der Waals surface area contributed by atoms with Gasteiger partial charge in [0, 0.05) is 10.0 Å². The second kappa shape index (κ2) is 7.10. The lowest BCUT2D eigenvalue weighted by atomic mass is 10.1. The molecule has 0 spiro atoms. The molecule has 4 rings (SSSR count). The SMILES string of the molecule is O=C1C(=Nc2ccccc2)c2cc(Br)ccc2N1CN1CCCCC1. The number of carbonyl (C=O) groups is 1. The second-order valence-corrected chi connectivity index (χ2v) is 7.43. The van der Waals surface area contributed by atoms with Crippen molar-refractivity contribution in [2.75, 3.05) is 24.7 Å². The van der Waals surface area contributed by atoms with E-state index in [0.29, 0.717) is 12.4 Å². The fourth-order valence-electron chi connectivity index (χ4n) is 3.47. The summed E-state index contributed by atoms with van der Waals surface area (Å²) < 4.78 is 0.958. The normalized spacial score (nSPS) is 19.5. The van der Waals surface area contributed by atoms with Gasteiger partial charge in [0.2, 0.25) is 0 Å². The van der Waals surface area contributed by atoms with Gasteiger partial charge in [0.15, 0.2) is 0 Å². The number of hydrogen-bond donors (Lipinski definition) is 0. The Morgan fingerprint density at radius 1 is 1.00 bits per heavy atom. The highest BCUT2D eigenvalue weighted by atomic mass is 79.9. The van der Waals surface area contributed by atoms with E-state index >= 15 is 0 Å². The molecule has 0 N–H and O–H groups in total. The first kappa shape index (κ1) is 16.5. The Morgan fingerprint density at radius 3 is 2.52 bits per heavy atom. The lowest BCUT2D eigenvalue weighted by Crippen LogP contribution is -2.43. The van der Waals surface area contributed by atoms with Gasteiger partial charge in [0.1, 0.15) is 5.71 Å². The fraction of sp³-hybridized carbons (Fsp3) is 0.300. The van der Waals surface area contributed by atoms with Crippen molar-refractivity contribution in [2.45, 2.75) is 19.3 Å². The number of benzene rings is 2. The van der Waals surface area contributed by atoms with E-state index in [9.17, 15) is 4.79 Å². The number of halogens is 1. The Labute approximate surface area is 156 Å². The number of nitrogens with zero attached hydrogens (tertiary/aromatic N) is 3. The molecule has 1 amide bonds. The van der Waals surface area contributed by atoms with Crippen molar-refractivity contribution in [2.24, 2.45) is 4.99 Å². The number of para-hydroxylation sites is 1. The first-order chi connectivity index (χ1) is 12.2. The third-order valence-electron chi connectivity index (χ3n) is 4.74. The zero-order valence-corrected chi connectivity index (χ0v) is 15.6. The van der Waals surface area contributed by atoms with E-state index in [2.05, 4.69) is 25.8 Å². The number of fused-ring (bicyclic) bond motifs is 1. The monoisotopic (exact) mass is 397 g/mol. The summed E-state index contributed by atoms with van der Waals surface area (Å²) in [7, 11) is 0. The molecule has 128 valence electrons. The number of piperidine rings is 1. The van der Waals surface area contributed by atoms with Crippen LogP contribution in [0, 0.1) is 0 Å². The highest BCUT2D eigenvalue weighted by molar-refractivity contribution is 9.10. The number of amides is 1. The minimum Gasteiger partial charge on any atom is -0.293 e. The predicted molar refractivity (Wildman–Crippen MR) is 105 cm³/mol. The van der Waals surface area contributed by atoms with Crippen LogP contribution in [0.1, 0.15) is 24.8 Å². The smallest absolute Gasteiger partial charge is 0.278 e. The third kappa shape index (κ3) is 3.39. The molecule has 0 aliphatic carbocycles. The summed E-state index contributed by atoms with van der Waals surface area (Å²) in [4.78, 5) is 22.0. The summed E-state index contributed by atoms with van der Waals surface area (Å²) in [5.74, 6) is -0.0115. The molecular formula is C20H20BrN3O. The van der Waals surface area contributed by atoms with E-state index in [-0.39, 0.29) is 5.91 Å². The molecule has 0 aromatic heterocycles. The van der Waals surface area contributed by atoms with E-state index < -0.39 is 0 Å². The second-order valence-electron chi connectivity index (χ2n) is 6.51. The highest BCUT2D eigenvalue weighted by Crippen LogP contribution is 2.33. The maximum absolute atomic E-state index is 13.1. The molecule has 25 heavy (non-hydrogen) atoms. The maximum atomic E-state index is 13.1. The van der Waals surface area contributed by atoms with Crippen molar-refractivity contribution < 1.29 is 4.79 Å². The van der Waals surface area contributed by atoms with E-state index in [1.807, 2.05) is 53.4 Å². The Bertz CT molecular complexity index is 813. The van der Waals surface area contributed by atoms with Gasteiger partial charge in [-0.25, -0.2) is 4.99 Å². The van der Waals surface area contributed by atoms with Crippen LogP contribution in [0.25, 0.3) is 0 Å². The lowest BCUT2D eigenvalue weighted by Gasteiger charge is -2.30. The van der Waals surface area contributed by atoms with Gasteiger partial charge in [-0.3, -0.25) is 14.6 Å². The molecule has 0 bridgehead atoms. The molecule has 1 fully saturated rings. The summed E-state index contributed by atoms with van der Waals surface area (Å²) in [6, 6.07) is 15.7. The number of anilines is 1. The van der Waals surface area contributed by atoms with Crippen LogP contribution in [0.5, 0.6) is 0 Å². The molecule has 2 aromatic carbocycles. The topological polar surface area (TPSA) is 35.9 Å². The van der Waals surface area contributed by atoms with Crippen LogP contribution < -0.4 is 4.90 Å². The molecule has 2 heterocycles. The van der Waals surface area contributed by atoms with Gasteiger partial charge >= 0.3 is 0 Å². The summed E-state index contributed by atoms with van der Waals surface area (Å²) in [5.41, 5.74) is 3.18. The molecule has 4 nitrogen and oxygen atoms in total. The number of carbonyl (C=O) groups excluding carboxylic acids is 1. The van der Waals surface area contributed by atoms with E-state index in [4.69, 9.17) is 0 Å². The van der Waals surface area contributed by atoms with Crippen LogP contribution in [-0.2, 0) is 4.79 Å². The van der Waals surface area contributed by atoms with Gasteiger partial charge in [-0.15, -0.1) is 0 Å². The molecule has 0 radical (unpaired) electrons. The minimum absolute atomic E-state index is 0.0115. The van der Waals surface area contributed by atoms with Crippen LogP contribution >= 0.6 is 15.9 Å². The van der Waals surface area contributed by atoms with Crippen LogP contribution in [-0.4, -0.2) is 36.3 Å². The molecule has 2 aliphatic heterocycles. The van der Waals surface area contributed by atoms with Crippen molar-refractivity contribution in [3.8, 4) is 0 Å². The lowest BCUT2D eigenvalue weighted by molar-refractivity contribution is -0.112. The first-order valence-corrected chi connectivity index (χ1v) is 9.49. The molecular weight excluding hydrogens is 378 g/mol. The number of rotatable bonds is 3. The minimum atomic E-state index is -0.0115. The van der Waals surface area contributed by atoms with Gasteiger partial charge < -0.3 is 0 Å². The maximum Gasteiger partial charge on any atom is 0.278 e. The van der Waals surface area contributed by atoms with E-state index in [1.165, 1.54) is 19.3 Å². The van der Waals surface area contributed by atoms with Crippen LogP contribution in [0.4, 0.5) is 11.4 Å². The quantitative estimate of drug-likeness (QED) is 0.770. The van der Waals surface area contributed by atoms with E-state index in [0.717, 1.165) is 34.5 Å². The molecule has 2 aliphatic rings. The summed E-state index contributed by atoms with van der Waals surface area (Å²) >= 11 is 3.52. The summed E-state index contributed by atoms with van der Waals surface area (Å²) in [6.07, 6.45) is 3.70. The fourth-order valence-corrected chi connectivity index (χ4v) is 3.83. The van der Waals surface area contributed by atoms with Gasteiger partial charge in [0.05, 0.1) is 18.0 Å². The van der Waals surface area contributed by atoms with Gasteiger partial charge in [-0.2, -0.15) is 0 Å². The molecule has 1 saturated heterocycles. The summed E-state index contributed by atoms with van der Waals surface area (Å²) in [5, 5.41) is 0. The zero-order valence-electron chi connectivity index (χ0n) is 14.0. The average molecular weight is 398 g/mol. The van der Waals surface area contributed by atoms with Crippen molar-refractivity contribution in [3.05, 3.63) is 58.6 Å². The number of hydrogen-bond acceptors (Lipinski definition) is 3. The zero-order chi connectivity index (χ0) is 17.2. The van der Waals surface area contributed by atoms with Gasteiger partial charge in [-0.05, 0) is 56.3 Å². The molecule has 0 saturated carbocycles. The van der Waals surface area contributed by atoms with E-state index in [1.54, 1.807) is 0 Å². The van der Waals surface area contributed by atoms with Crippen molar-refractivity contribution >= 4 is 38.9 Å². The molecule has 0 atom stereocenters. The Hall–Kier alpha value is -1.98. The Morgan fingerprint density at radius 2 is 1.76 bits per heavy atom. The molecule has 2 aromatic rings. The standard InChI is InChI=1S/C20H20BrN3O/c21-15-9-10-18-17(13-15)19(22-16-7-3-1-4-8-16)20(25)24(18)14-23-11-5-2-6-12-23/h1,3-4,7-10,13H,2,5-6,11-12,14H2. The van der Waals surface area contributed by atoms with Gasteiger partial charge in [0.25, 0.3) is 5.91 Å².